The highest BCUT2D eigenvalue weighted by Crippen LogP contribution is 2.51. The molecule has 0 radical (unpaired) electrons. The number of ketones is 1. The molecule has 2 spiro atoms. The smallest absolute Gasteiger partial charge is 0.282 e. The van der Waals surface area contributed by atoms with E-state index in [9.17, 15) is 14.0 Å². The molecule has 2 saturated heterocycles. The zero-order valence-corrected chi connectivity index (χ0v) is 28.7. The van der Waals surface area contributed by atoms with Crippen molar-refractivity contribution in [3.8, 4) is 11.6 Å². The number of benzene rings is 1. The predicted octanol–water partition coefficient (Wildman–Crippen LogP) is 5.77. The van der Waals surface area contributed by atoms with Gasteiger partial charge >= 0.3 is 0 Å². The standard InChI is InChI=1S/C36H51FN6O4/c1-24(2)43(25(3)4)34(45)29-16-28(37)6-7-31(29)47-33-32(38-23-39-40-33)42-21-36(22-42)12-14-41(15-13-36)19-26-8-10-35(11-9-26)17-27(20-46-5)30(44)18-35/h6-7,16,23-27H,8-15,17-22H2,1-5H3/t26?,27-,35?/m1/s1. The van der Waals surface area contributed by atoms with Crippen molar-refractivity contribution in [2.45, 2.75) is 91.1 Å². The highest BCUT2D eigenvalue weighted by molar-refractivity contribution is 5.97. The van der Waals surface area contributed by atoms with Gasteiger partial charge in [0.05, 0.1) is 12.2 Å². The molecule has 256 valence electrons. The van der Waals surface area contributed by atoms with Gasteiger partial charge < -0.3 is 24.2 Å². The summed E-state index contributed by atoms with van der Waals surface area (Å²) in [6.07, 6.45) is 10.3. The molecule has 1 amide bonds. The molecule has 1 atom stereocenters. The van der Waals surface area contributed by atoms with Gasteiger partial charge in [0.15, 0.2) is 5.82 Å². The predicted molar refractivity (Wildman–Crippen MR) is 177 cm³/mol. The van der Waals surface area contributed by atoms with Crippen LogP contribution in [-0.2, 0) is 9.53 Å². The summed E-state index contributed by atoms with van der Waals surface area (Å²) in [4.78, 5) is 37.1. The van der Waals surface area contributed by atoms with Crippen molar-refractivity contribution in [3.63, 3.8) is 0 Å². The summed E-state index contributed by atoms with van der Waals surface area (Å²) in [7, 11) is 1.70. The van der Waals surface area contributed by atoms with Crippen molar-refractivity contribution in [2.75, 3.05) is 51.3 Å². The first kappa shape index (κ1) is 33.7. The van der Waals surface area contributed by atoms with Crippen molar-refractivity contribution >= 4 is 17.5 Å². The number of piperidine rings is 1. The maximum atomic E-state index is 14.4. The number of amides is 1. The fraction of sp³-hybridized carbons (Fsp3) is 0.694. The molecule has 2 aromatic rings. The lowest BCUT2D eigenvalue weighted by Crippen LogP contribution is -2.61. The second kappa shape index (κ2) is 13.7. The van der Waals surface area contributed by atoms with Crippen LogP contribution >= 0.6 is 0 Å². The minimum Gasteiger partial charge on any atom is -0.434 e. The lowest BCUT2D eigenvalue weighted by atomic mass is 9.68. The van der Waals surface area contributed by atoms with Crippen molar-refractivity contribution in [1.29, 1.82) is 0 Å². The molecule has 1 aromatic heterocycles. The number of carbonyl (C=O) groups is 2. The van der Waals surface area contributed by atoms with Gasteiger partial charge in [-0.3, -0.25) is 9.59 Å². The number of methoxy groups -OCH3 is 1. The average Bonchev–Trinajstić information content (AvgIpc) is 3.32. The molecule has 6 rings (SSSR count). The number of Topliss-reactive ketones (excluding diaryl/α,β-unsaturated/α-hetero) is 1. The van der Waals surface area contributed by atoms with Gasteiger partial charge in [0.2, 0.25) is 0 Å². The first-order valence-corrected chi connectivity index (χ1v) is 17.5. The minimum atomic E-state index is -0.504. The largest absolute Gasteiger partial charge is 0.434 e. The fourth-order valence-electron chi connectivity index (χ4n) is 8.84. The van der Waals surface area contributed by atoms with Gasteiger partial charge in [0.25, 0.3) is 11.8 Å². The van der Waals surface area contributed by atoms with Crippen LogP contribution in [0.3, 0.4) is 0 Å². The Bertz CT molecular complexity index is 1420. The normalized spacial score (nSPS) is 26.0. The van der Waals surface area contributed by atoms with E-state index < -0.39 is 5.82 Å². The molecule has 4 fully saturated rings. The summed E-state index contributed by atoms with van der Waals surface area (Å²) >= 11 is 0. The Morgan fingerprint density at radius 3 is 2.43 bits per heavy atom. The summed E-state index contributed by atoms with van der Waals surface area (Å²) in [6, 6.07) is 3.86. The summed E-state index contributed by atoms with van der Waals surface area (Å²) < 4.78 is 25.9. The Morgan fingerprint density at radius 1 is 1.06 bits per heavy atom. The summed E-state index contributed by atoms with van der Waals surface area (Å²) in [6.45, 7) is 13.4. The lowest BCUT2D eigenvalue weighted by Gasteiger charge is -2.54. The number of rotatable bonds is 10. The summed E-state index contributed by atoms with van der Waals surface area (Å²) in [5.41, 5.74) is 0.617. The Morgan fingerprint density at radius 2 is 1.77 bits per heavy atom. The number of aromatic nitrogens is 3. The number of ether oxygens (including phenoxy) is 2. The van der Waals surface area contributed by atoms with Gasteiger partial charge in [-0.15, -0.1) is 10.2 Å². The van der Waals surface area contributed by atoms with E-state index in [0.717, 1.165) is 58.4 Å². The molecule has 1 aromatic carbocycles. The van der Waals surface area contributed by atoms with Crippen molar-refractivity contribution in [1.82, 2.24) is 25.0 Å². The molecule has 47 heavy (non-hydrogen) atoms. The van der Waals surface area contributed by atoms with Gasteiger partial charge in [0.1, 0.15) is 23.7 Å². The van der Waals surface area contributed by atoms with Crippen LogP contribution in [0.2, 0.25) is 0 Å². The number of hydrogen-bond donors (Lipinski definition) is 0. The molecule has 2 aliphatic carbocycles. The van der Waals surface area contributed by atoms with Gasteiger partial charge in [-0.25, -0.2) is 9.37 Å². The maximum absolute atomic E-state index is 14.4. The van der Waals surface area contributed by atoms with E-state index in [1.165, 1.54) is 50.2 Å². The van der Waals surface area contributed by atoms with Crippen LogP contribution in [-0.4, -0.2) is 95.2 Å². The monoisotopic (exact) mass is 650 g/mol. The lowest BCUT2D eigenvalue weighted by molar-refractivity contribution is -0.122. The second-order valence-corrected chi connectivity index (χ2v) is 15.3. The van der Waals surface area contributed by atoms with Crippen molar-refractivity contribution < 1.29 is 23.5 Å². The molecule has 2 aliphatic heterocycles. The Kier molecular flexibility index (Phi) is 9.86. The van der Waals surface area contributed by atoms with Gasteiger partial charge in [-0.05, 0) is 115 Å². The molecule has 0 unspecified atom stereocenters. The van der Waals surface area contributed by atoms with Crippen LogP contribution in [0.25, 0.3) is 0 Å². The number of halogens is 1. The first-order chi connectivity index (χ1) is 22.5. The second-order valence-electron chi connectivity index (χ2n) is 15.3. The third-order valence-electron chi connectivity index (χ3n) is 11.3. The number of likely N-dealkylation sites (tertiary alicyclic amines) is 1. The van der Waals surface area contributed by atoms with Gasteiger partial charge in [-0.2, -0.15) is 0 Å². The molecule has 0 N–H and O–H groups in total. The summed E-state index contributed by atoms with van der Waals surface area (Å²) in [5, 5.41) is 8.20. The highest BCUT2D eigenvalue weighted by atomic mass is 19.1. The fourth-order valence-corrected chi connectivity index (χ4v) is 8.84. The third-order valence-corrected chi connectivity index (χ3v) is 11.3. The van der Waals surface area contributed by atoms with E-state index in [0.29, 0.717) is 24.1 Å². The van der Waals surface area contributed by atoms with Crippen molar-refractivity contribution in [3.05, 3.63) is 35.9 Å². The number of nitrogens with zero attached hydrogens (tertiary/aromatic N) is 6. The first-order valence-electron chi connectivity index (χ1n) is 17.5. The van der Waals surface area contributed by atoms with E-state index in [2.05, 4.69) is 25.0 Å². The van der Waals surface area contributed by atoms with E-state index in [1.807, 2.05) is 27.7 Å². The van der Waals surface area contributed by atoms with Crippen LogP contribution < -0.4 is 9.64 Å². The van der Waals surface area contributed by atoms with E-state index in [4.69, 9.17) is 9.47 Å². The number of hydrogen-bond acceptors (Lipinski definition) is 9. The van der Waals surface area contributed by atoms with Crippen LogP contribution in [0, 0.1) is 28.5 Å². The zero-order chi connectivity index (χ0) is 33.3. The highest BCUT2D eigenvalue weighted by Gasteiger charge is 2.48. The van der Waals surface area contributed by atoms with Crippen LogP contribution in [0.4, 0.5) is 10.2 Å². The van der Waals surface area contributed by atoms with Crippen molar-refractivity contribution in [2.24, 2.45) is 22.7 Å². The van der Waals surface area contributed by atoms with E-state index in [-0.39, 0.29) is 51.9 Å². The molecular weight excluding hydrogens is 599 g/mol. The maximum Gasteiger partial charge on any atom is 0.282 e. The number of carbonyl (C=O) groups excluding carboxylic acids is 2. The topological polar surface area (TPSA) is 101 Å². The SMILES string of the molecule is COC[C@H]1CC2(CCC(CN3CCC4(CC3)CN(c3ncnnc3Oc3ccc(F)cc3C(=O)N(C(C)C)C(C)C)C4)CC2)CC1=O. The van der Waals surface area contributed by atoms with Gasteiger partial charge in [0, 0.05) is 56.6 Å². The third kappa shape index (κ3) is 7.16. The molecule has 4 aliphatic rings. The van der Waals surface area contributed by atoms with Crippen LogP contribution in [0.5, 0.6) is 11.6 Å². The molecular formula is C36H51FN6O4. The van der Waals surface area contributed by atoms with Gasteiger partial charge in [-0.1, -0.05) is 0 Å². The molecule has 11 heteroatoms. The average molecular weight is 651 g/mol. The Hall–Kier alpha value is -3.18. The molecule has 0 bridgehead atoms. The summed E-state index contributed by atoms with van der Waals surface area (Å²) in [5.74, 6) is 1.47. The number of anilines is 1. The molecule has 10 nitrogen and oxygen atoms in total. The van der Waals surface area contributed by atoms with E-state index in [1.54, 1.807) is 12.0 Å². The van der Waals surface area contributed by atoms with Crippen LogP contribution in [0.1, 0.15) is 89.4 Å². The molecule has 3 heterocycles. The Labute approximate surface area is 278 Å². The molecule has 2 saturated carbocycles. The van der Waals surface area contributed by atoms with E-state index >= 15 is 0 Å². The zero-order valence-electron chi connectivity index (χ0n) is 28.7. The van der Waals surface area contributed by atoms with Crippen LogP contribution in [0.15, 0.2) is 24.5 Å². The minimum absolute atomic E-state index is 0.0657. The quantitative estimate of drug-likeness (QED) is 0.317. The Balaban J connectivity index is 1.03.